The maximum absolute atomic E-state index is 4.00. The molecule has 2 radical (unpaired) electrons. The predicted molar refractivity (Wildman–Crippen MR) is 16.3 cm³/mol. The Kier molecular flexibility index (Phi) is 3950. The van der Waals surface area contributed by atoms with Crippen LogP contribution in [0.4, 0.5) is 0 Å². The lowest BCUT2D eigenvalue weighted by atomic mass is 13.0. The van der Waals surface area contributed by atoms with Crippen LogP contribution < -0.4 is 11.7 Å². The van der Waals surface area contributed by atoms with Crippen LogP contribution in [0.25, 0.3) is 0 Å². The van der Waals surface area contributed by atoms with Crippen LogP contribution >= 0.6 is 12.4 Å². The molecule has 0 saturated carbocycles. The van der Waals surface area contributed by atoms with Gasteiger partial charge in [-0.25, -0.2) is 0 Å². The number of hydrogen-bond acceptors (Lipinski definition) is 2. The van der Waals surface area contributed by atoms with Crippen molar-refractivity contribution in [3.05, 3.63) is 0 Å². The van der Waals surface area contributed by atoms with Crippen LogP contribution in [0.2, 0.25) is 0 Å². The Hall–Kier alpha value is 0.170. The van der Waals surface area contributed by atoms with Crippen molar-refractivity contribution >= 4 is 12.4 Å². The molecule has 0 aromatic carbocycles. The van der Waals surface area contributed by atoms with E-state index in [1.165, 1.54) is 0 Å². The summed E-state index contributed by atoms with van der Waals surface area (Å²) in [5.41, 5.74) is 0. The van der Waals surface area contributed by atoms with Crippen molar-refractivity contribution in [3.8, 4) is 0 Å². The molecule has 0 rings (SSSR count). The van der Waals surface area contributed by atoms with E-state index < -0.39 is 0 Å². The van der Waals surface area contributed by atoms with Crippen LogP contribution in [-0.4, -0.2) is 0 Å². The third-order valence-electron chi connectivity index (χ3n) is 0. The van der Waals surface area contributed by atoms with E-state index in [0.29, 0.717) is 0 Å². The second kappa shape index (κ2) is 517. The largest absolute Gasteiger partial charge is 0.274 e. The summed E-state index contributed by atoms with van der Waals surface area (Å²) in [5.74, 6) is 8.00. The van der Waals surface area contributed by atoms with Crippen molar-refractivity contribution in [2.75, 3.05) is 0 Å². The third-order valence-corrected chi connectivity index (χ3v) is 0. The van der Waals surface area contributed by atoms with Gasteiger partial charge in [-0.3, -0.25) is 11.7 Å². The highest BCUT2D eigenvalue weighted by Crippen LogP contribution is 0.690. The molecule has 0 aromatic rings. The molecule has 0 aliphatic rings. The number of nitrogens with two attached hydrogens (primary N) is 2. The van der Waals surface area contributed by atoms with Crippen LogP contribution in [0.5, 0.6) is 0 Å². The minimum absolute atomic E-state index is 0. The average Bonchev–Trinajstić information content (AvgIpc) is 1.00. The Morgan fingerprint density at radius 1 is 1.00 bits per heavy atom. The van der Waals surface area contributed by atoms with E-state index in [-0.39, 0.29) is 17.9 Å². The molecule has 0 fully saturated rings. The summed E-state index contributed by atoms with van der Waals surface area (Å²) in [4.78, 5) is 0. The van der Waals surface area contributed by atoms with E-state index in [1.807, 2.05) is 0 Å². The zero-order valence-electron chi connectivity index (χ0n) is 1.97. The molecule has 0 heterocycles. The lowest BCUT2D eigenvalue weighted by Gasteiger charge is -1.27. The molecule has 3 nitrogen and oxygen atoms in total. The van der Waals surface area contributed by atoms with Gasteiger partial charge in [0.25, 0.3) is 0 Å². The number of halogens is 1. The van der Waals surface area contributed by atoms with E-state index in [4.69, 9.17) is 0 Å². The minimum Gasteiger partial charge on any atom is -0.274 e. The summed E-state index contributed by atoms with van der Waals surface area (Å²) in [6.45, 7) is 0. The van der Waals surface area contributed by atoms with Gasteiger partial charge in [-0.2, -0.15) is 0 Å². The maximum atomic E-state index is 4.00. The van der Waals surface area contributed by atoms with E-state index in [1.54, 1.807) is 0 Å². The fraction of sp³-hybridized carbons (Fsp3) is 0. The quantitative estimate of drug-likeness (QED) is 0.295. The van der Waals surface area contributed by atoms with E-state index in [0.717, 1.165) is 0 Å². The Morgan fingerprint density at radius 2 is 1.00 bits per heavy atom. The van der Waals surface area contributed by atoms with Gasteiger partial charge in [-0.15, -0.1) is 12.4 Å². The monoisotopic (exact) mass is 84.0 g/mol. The van der Waals surface area contributed by atoms with Crippen molar-refractivity contribution in [3.63, 3.8) is 0 Å². The molecule has 0 aromatic heterocycles. The SMILES string of the molecule is Cl.NN.[O]. The van der Waals surface area contributed by atoms with Crippen molar-refractivity contribution in [2.45, 2.75) is 0 Å². The topological polar surface area (TPSA) is 80.5 Å². The molecule has 0 saturated heterocycles. The second-order valence-electron chi connectivity index (χ2n) is 0. The Balaban J connectivity index is -0.00000000500. The van der Waals surface area contributed by atoms with Crippen LogP contribution in [0.1, 0.15) is 0 Å². The average molecular weight is 84.5 g/mol. The summed E-state index contributed by atoms with van der Waals surface area (Å²) in [5, 5.41) is 0. The smallest absolute Gasteiger partial charge is 0 e. The molecular formula is H5ClN2O. The van der Waals surface area contributed by atoms with Gasteiger partial charge in [0.15, 0.2) is 0 Å². The Morgan fingerprint density at radius 3 is 1.00 bits per heavy atom. The highest BCUT2D eigenvalue weighted by atomic mass is 35.5. The first-order valence-electron chi connectivity index (χ1n) is 0.333. The lowest BCUT2D eigenvalue weighted by Crippen LogP contribution is -2.02. The molecule has 0 amide bonds. The molecule has 0 spiro atoms. The second-order valence-corrected chi connectivity index (χ2v) is 0. The number of hydrazine groups is 1. The molecule has 28 valence electrons. The lowest BCUT2D eigenvalue weighted by molar-refractivity contribution is 0.686. The molecule has 4 N–H and O–H groups in total. The van der Waals surface area contributed by atoms with Crippen LogP contribution in [0.15, 0.2) is 0 Å². The van der Waals surface area contributed by atoms with Crippen LogP contribution in [-0.2, 0) is 5.48 Å². The molecule has 4 heavy (non-hydrogen) atoms. The molecular weight excluding hydrogens is 79.5 g/mol. The summed E-state index contributed by atoms with van der Waals surface area (Å²) >= 11 is 0. The molecule has 0 unspecified atom stereocenters. The van der Waals surface area contributed by atoms with Gasteiger partial charge < -0.3 is 0 Å². The first-order valence-corrected chi connectivity index (χ1v) is 0.333. The Bertz CT molecular complexity index is 6.00. The molecule has 0 bridgehead atoms. The highest BCUT2D eigenvalue weighted by Gasteiger charge is 0.726. The molecule has 0 aliphatic heterocycles. The fourth-order valence-electron chi connectivity index (χ4n) is 0. The van der Waals surface area contributed by atoms with E-state index in [2.05, 4.69) is 11.7 Å². The summed E-state index contributed by atoms with van der Waals surface area (Å²) in [6.07, 6.45) is 0. The van der Waals surface area contributed by atoms with Gasteiger partial charge in [-0.1, -0.05) is 0 Å². The number of hydrogen-bond donors (Lipinski definition) is 2. The molecule has 0 atom stereocenters. The van der Waals surface area contributed by atoms with E-state index >= 15 is 0 Å². The minimum atomic E-state index is 0. The zero-order chi connectivity index (χ0) is 2.00. The normalized spacial score (nSPS) is 1.50. The first-order chi connectivity index (χ1) is 1.00. The standard InChI is InChI=1S/ClH.H4N2.O/c;1-2;/h1H;1-2H2;. The predicted octanol–water partition coefficient (Wildman–Crippen LogP) is -0.878. The van der Waals surface area contributed by atoms with Gasteiger partial charge >= 0.3 is 0 Å². The van der Waals surface area contributed by atoms with Crippen LogP contribution in [0, 0.1) is 0 Å². The first kappa shape index (κ1) is 30.6. The van der Waals surface area contributed by atoms with Gasteiger partial charge in [0.1, 0.15) is 0 Å². The molecule has 0 aliphatic carbocycles. The summed E-state index contributed by atoms with van der Waals surface area (Å²) in [7, 11) is 0. The van der Waals surface area contributed by atoms with Crippen LogP contribution in [0.3, 0.4) is 0 Å². The van der Waals surface area contributed by atoms with E-state index in [9.17, 15) is 0 Å². The fourth-order valence-corrected chi connectivity index (χ4v) is 0. The zero-order valence-corrected chi connectivity index (χ0v) is 2.79. The maximum Gasteiger partial charge on any atom is 0 e. The summed E-state index contributed by atoms with van der Waals surface area (Å²) in [6, 6.07) is 0. The number of rotatable bonds is 0. The van der Waals surface area contributed by atoms with Gasteiger partial charge in [0.2, 0.25) is 0 Å². The van der Waals surface area contributed by atoms with Gasteiger partial charge in [-0.05, 0) is 0 Å². The van der Waals surface area contributed by atoms with Crippen molar-refractivity contribution in [2.24, 2.45) is 11.7 Å². The van der Waals surface area contributed by atoms with Gasteiger partial charge in [0.05, 0.1) is 0 Å². The summed E-state index contributed by atoms with van der Waals surface area (Å²) < 4.78 is 0. The van der Waals surface area contributed by atoms with Gasteiger partial charge in [0, 0.05) is 5.48 Å². The van der Waals surface area contributed by atoms with Crippen molar-refractivity contribution in [1.29, 1.82) is 0 Å². The molecule has 4 heteroatoms. The van der Waals surface area contributed by atoms with Crippen molar-refractivity contribution in [1.82, 2.24) is 0 Å². The Labute approximate surface area is 30.7 Å². The highest BCUT2D eigenvalue weighted by molar-refractivity contribution is 5.85. The third kappa shape index (κ3) is 103. The van der Waals surface area contributed by atoms with Crippen molar-refractivity contribution < 1.29 is 5.48 Å².